The maximum atomic E-state index is 7.69. The third-order valence-corrected chi connectivity index (χ3v) is 2.25. The van der Waals surface area contributed by atoms with Crippen LogP contribution in [0.5, 0.6) is 0 Å². The molecule has 80 valence electrons. The normalized spacial score (nSPS) is 10.3. The van der Waals surface area contributed by atoms with E-state index in [4.69, 9.17) is 10.8 Å². The van der Waals surface area contributed by atoms with Gasteiger partial charge in [0.1, 0.15) is 0 Å². The molecule has 0 aliphatic rings. The van der Waals surface area contributed by atoms with Crippen molar-refractivity contribution in [2.24, 2.45) is 5.92 Å². The maximum Gasteiger partial charge on any atom is 0.0439 e. The average molecular weight is 202 g/mol. The van der Waals surface area contributed by atoms with E-state index in [1.165, 1.54) is 11.8 Å². The lowest BCUT2D eigenvalue weighted by Crippen LogP contribution is -2.00. The number of nitrogens with one attached hydrogen (secondary N) is 2. The lowest BCUT2D eigenvalue weighted by Gasteiger charge is -2.06. The summed E-state index contributed by atoms with van der Waals surface area (Å²) in [4.78, 5) is 0. The molecule has 0 radical (unpaired) electrons. The van der Waals surface area contributed by atoms with Gasteiger partial charge in [0.2, 0.25) is 0 Å². The van der Waals surface area contributed by atoms with Crippen LogP contribution < -0.4 is 0 Å². The molecule has 0 aliphatic heterocycles. The first-order valence-electron chi connectivity index (χ1n) is 5.29. The second kappa shape index (κ2) is 5.44. The average Bonchev–Trinajstić information content (AvgIpc) is 2.18. The maximum absolute atomic E-state index is 7.69. The lowest BCUT2D eigenvalue weighted by atomic mass is 10.00. The molecule has 1 aromatic carbocycles. The third kappa shape index (κ3) is 3.66. The monoisotopic (exact) mass is 202 g/mol. The van der Waals surface area contributed by atoms with Crippen molar-refractivity contribution >= 4 is 11.9 Å². The summed E-state index contributed by atoms with van der Waals surface area (Å²) in [5.74, 6) is 0.664. The number of hydrogen-bond acceptors (Lipinski definition) is 2. The van der Waals surface area contributed by atoms with Crippen molar-refractivity contribution in [1.82, 2.24) is 0 Å². The smallest absolute Gasteiger partial charge is 0.0439 e. The highest BCUT2D eigenvalue weighted by atomic mass is 14.4. The van der Waals surface area contributed by atoms with Gasteiger partial charge in [0.05, 0.1) is 0 Å². The minimum Gasteiger partial charge on any atom is -0.313 e. The number of rotatable bonds is 5. The van der Waals surface area contributed by atoms with Crippen LogP contribution in [0.1, 0.15) is 31.4 Å². The molecule has 0 bridgehead atoms. The topological polar surface area (TPSA) is 47.7 Å². The molecule has 15 heavy (non-hydrogen) atoms. The molecule has 0 amide bonds. The molecule has 0 aliphatic carbocycles. The van der Waals surface area contributed by atoms with Crippen molar-refractivity contribution in [3.8, 4) is 0 Å². The van der Waals surface area contributed by atoms with Gasteiger partial charge in [-0.25, -0.2) is 0 Å². The zero-order valence-electron chi connectivity index (χ0n) is 9.38. The Morgan fingerprint density at radius 3 is 2.33 bits per heavy atom. The fourth-order valence-corrected chi connectivity index (χ4v) is 1.53. The second-order valence-electron chi connectivity index (χ2n) is 4.18. The lowest BCUT2D eigenvalue weighted by molar-refractivity contribution is 0.647. The van der Waals surface area contributed by atoms with Gasteiger partial charge >= 0.3 is 0 Å². The Kier molecular flexibility index (Phi) is 4.22. The van der Waals surface area contributed by atoms with Crippen LogP contribution in [0.25, 0.3) is 0 Å². The standard InChI is InChI=1S/C13H18N2/c1-10(2)9-11-3-5-12(6-4-11)13(15)7-8-14/h3-6,8,10,14-15H,7,9H2,1-2H3. The highest BCUT2D eigenvalue weighted by Gasteiger charge is 2.01. The van der Waals surface area contributed by atoms with E-state index in [0.717, 1.165) is 12.0 Å². The zero-order chi connectivity index (χ0) is 11.3. The van der Waals surface area contributed by atoms with Gasteiger partial charge in [0.25, 0.3) is 0 Å². The van der Waals surface area contributed by atoms with Crippen LogP contribution in [0.2, 0.25) is 0 Å². The van der Waals surface area contributed by atoms with Crippen molar-refractivity contribution in [1.29, 1.82) is 10.8 Å². The van der Waals surface area contributed by atoms with Crippen LogP contribution in [0.15, 0.2) is 24.3 Å². The van der Waals surface area contributed by atoms with Gasteiger partial charge in [-0.05, 0) is 23.5 Å². The Hall–Kier alpha value is -1.44. The molecule has 2 nitrogen and oxygen atoms in total. The first-order chi connectivity index (χ1) is 7.13. The summed E-state index contributed by atoms with van der Waals surface area (Å²) in [6.45, 7) is 4.40. The van der Waals surface area contributed by atoms with Gasteiger partial charge in [0, 0.05) is 18.3 Å². The molecule has 1 rings (SSSR count). The van der Waals surface area contributed by atoms with E-state index >= 15 is 0 Å². The quantitative estimate of drug-likeness (QED) is 0.688. The fraction of sp³-hybridized carbons (Fsp3) is 0.385. The summed E-state index contributed by atoms with van der Waals surface area (Å²) in [5.41, 5.74) is 2.75. The third-order valence-electron chi connectivity index (χ3n) is 2.25. The second-order valence-corrected chi connectivity index (χ2v) is 4.18. The number of benzene rings is 1. The molecule has 0 aromatic heterocycles. The van der Waals surface area contributed by atoms with E-state index < -0.39 is 0 Å². The molecule has 0 heterocycles. The summed E-state index contributed by atoms with van der Waals surface area (Å²) in [6, 6.07) is 8.11. The highest BCUT2D eigenvalue weighted by molar-refractivity contribution is 6.04. The van der Waals surface area contributed by atoms with Crippen LogP contribution in [0, 0.1) is 16.7 Å². The van der Waals surface area contributed by atoms with Gasteiger partial charge in [-0.15, -0.1) is 0 Å². The molecule has 0 unspecified atom stereocenters. The van der Waals surface area contributed by atoms with Gasteiger partial charge < -0.3 is 10.8 Å². The molecule has 2 heteroatoms. The van der Waals surface area contributed by atoms with Crippen LogP contribution >= 0.6 is 0 Å². The Balaban J connectivity index is 2.71. The van der Waals surface area contributed by atoms with Gasteiger partial charge in [-0.3, -0.25) is 0 Å². The minimum absolute atomic E-state index is 0.420. The van der Waals surface area contributed by atoms with Crippen LogP contribution in [0.4, 0.5) is 0 Å². The molecule has 0 saturated heterocycles. The van der Waals surface area contributed by atoms with Gasteiger partial charge in [-0.1, -0.05) is 38.1 Å². The van der Waals surface area contributed by atoms with Crippen molar-refractivity contribution in [3.63, 3.8) is 0 Å². The molecule has 0 saturated carbocycles. The summed E-state index contributed by atoms with van der Waals surface area (Å²) in [5, 5.41) is 14.6. The Bertz CT molecular complexity index is 336. The molecular formula is C13H18N2. The van der Waals surface area contributed by atoms with Gasteiger partial charge in [0.15, 0.2) is 0 Å². The minimum atomic E-state index is 0.420. The Morgan fingerprint density at radius 1 is 1.27 bits per heavy atom. The van der Waals surface area contributed by atoms with E-state index in [-0.39, 0.29) is 0 Å². The Labute approximate surface area is 91.4 Å². The predicted molar refractivity (Wildman–Crippen MR) is 65.2 cm³/mol. The first-order valence-corrected chi connectivity index (χ1v) is 5.29. The molecule has 0 spiro atoms. The van der Waals surface area contributed by atoms with Crippen molar-refractivity contribution in [2.75, 3.05) is 0 Å². The molecule has 1 aromatic rings. The van der Waals surface area contributed by atoms with Gasteiger partial charge in [-0.2, -0.15) is 0 Å². The van der Waals surface area contributed by atoms with E-state index in [1.807, 2.05) is 12.1 Å². The van der Waals surface area contributed by atoms with Crippen LogP contribution in [0.3, 0.4) is 0 Å². The number of hydrogen-bond donors (Lipinski definition) is 2. The van der Waals surface area contributed by atoms with E-state index in [0.29, 0.717) is 18.1 Å². The SMILES string of the molecule is CC(C)Cc1ccc(C(=N)CC=N)cc1. The highest BCUT2D eigenvalue weighted by Crippen LogP contribution is 2.10. The van der Waals surface area contributed by atoms with Crippen molar-refractivity contribution in [2.45, 2.75) is 26.7 Å². The summed E-state index contributed by atoms with van der Waals surface area (Å²) < 4.78 is 0. The van der Waals surface area contributed by atoms with E-state index in [9.17, 15) is 0 Å². The van der Waals surface area contributed by atoms with Crippen LogP contribution in [-0.2, 0) is 6.42 Å². The summed E-state index contributed by atoms with van der Waals surface area (Å²) in [6.07, 6.45) is 2.77. The molecule has 0 atom stereocenters. The summed E-state index contributed by atoms with van der Waals surface area (Å²) in [7, 11) is 0. The molecule has 2 N–H and O–H groups in total. The molecule has 0 fully saturated rings. The first kappa shape index (κ1) is 11.6. The largest absolute Gasteiger partial charge is 0.313 e. The van der Waals surface area contributed by atoms with Crippen LogP contribution in [-0.4, -0.2) is 11.9 Å². The molecular weight excluding hydrogens is 184 g/mol. The van der Waals surface area contributed by atoms with Crippen molar-refractivity contribution in [3.05, 3.63) is 35.4 Å². The van der Waals surface area contributed by atoms with E-state index in [1.54, 1.807) is 0 Å². The summed E-state index contributed by atoms with van der Waals surface area (Å²) >= 11 is 0. The van der Waals surface area contributed by atoms with Crippen molar-refractivity contribution < 1.29 is 0 Å². The fourth-order valence-electron chi connectivity index (χ4n) is 1.53. The Morgan fingerprint density at radius 2 is 1.87 bits per heavy atom. The van der Waals surface area contributed by atoms with E-state index in [2.05, 4.69) is 26.0 Å². The predicted octanol–water partition coefficient (Wildman–Crippen LogP) is 3.29. The zero-order valence-corrected chi connectivity index (χ0v) is 9.38.